The van der Waals surface area contributed by atoms with Crippen LogP contribution >= 0.6 is 0 Å². The Balaban J connectivity index is 1.43. The van der Waals surface area contributed by atoms with Crippen LogP contribution in [-0.2, 0) is 7.05 Å². The molecule has 6 rings (SSSR count). The molecule has 5 heterocycles. The fourth-order valence-electron chi connectivity index (χ4n) is 5.80. The Morgan fingerprint density at radius 1 is 1.03 bits per heavy atom. The van der Waals surface area contributed by atoms with Gasteiger partial charge in [0.05, 0.1) is 28.5 Å². The van der Waals surface area contributed by atoms with Gasteiger partial charge in [0.25, 0.3) is 5.56 Å². The third kappa shape index (κ3) is 4.23. The van der Waals surface area contributed by atoms with Crippen molar-refractivity contribution in [3.8, 4) is 6.07 Å². The summed E-state index contributed by atoms with van der Waals surface area (Å²) in [6, 6.07) is 21.8. The Morgan fingerprint density at radius 2 is 1.82 bits per heavy atom. The lowest BCUT2D eigenvalue weighted by atomic mass is 9.96. The maximum Gasteiger partial charge on any atom is 0.252 e. The summed E-state index contributed by atoms with van der Waals surface area (Å²) in [5.41, 5.74) is 5.21. The number of aromatic nitrogens is 4. The molecule has 1 unspecified atom stereocenters. The van der Waals surface area contributed by atoms with Gasteiger partial charge in [-0.1, -0.05) is 18.2 Å². The number of hydrogen-bond donors (Lipinski definition) is 0. The number of anilines is 1. The number of nitrogens with zero attached hydrogens (tertiary/aromatic N) is 7. The Hall–Kier alpha value is -4.55. The van der Waals surface area contributed by atoms with Crippen molar-refractivity contribution >= 4 is 22.2 Å². The first-order chi connectivity index (χ1) is 18.9. The monoisotopic (exact) mass is 521 g/mol. The minimum absolute atomic E-state index is 0.0174. The topological polar surface area (TPSA) is 82.5 Å². The van der Waals surface area contributed by atoms with E-state index in [4.69, 9.17) is 0 Å². The third-order valence-corrected chi connectivity index (χ3v) is 7.77. The second-order valence-electron chi connectivity index (χ2n) is 10.2. The summed E-state index contributed by atoms with van der Waals surface area (Å²) in [4.78, 5) is 22.1. The number of benzene rings is 1. The zero-order valence-electron chi connectivity index (χ0n) is 22.0. The van der Waals surface area contributed by atoms with Gasteiger partial charge in [-0.3, -0.25) is 9.69 Å². The van der Waals surface area contributed by atoms with Crippen molar-refractivity contribution in [2.45, 2.75) is 32.0 Å². The molecule has 1 aromatic carbocycles. The summed E-state index contributed by atoms with van der Waals surface area (Å²) < 4.78 is 17.4. The average molecular weight is 522 g/mol. The predicted molar refractivity (Wildman–Crippen MR) is 148 cm³/mol. The molecule has 4 aromatic heterocycles. The molecule has 0 radical (unpaired) electrons. The van der Waals surface area contributed by atoms with E-state index in [0.29, 0.717) is 29.8 Å². The third-order valence-electron chi connectivity index (χ3n) is 7.77. The molecule has 8 nitrogen and oxygen atoms in total. The van der Waals surface area contributed by atoms with Crippen LogP contribution in [0.25, 0.3) is 16.6 Å². The number of aryl methyl sites for hydroxylation is 1. The van der Waals surface area contributed by atoms with Gasteiger partial charge < -0.3 is 9.47 Å². The van der Waals surface area contributed by atoms with Crippen LogP contribution in [-0.4, -0.2) is 49.2 Å². The van der Waals surface area contributed by atoms with Crippen LogP contribution in [0.4, 0.5) is 10.1 Å². The van der Waals surface area contributed by atoms with Crippen molar-refractivity contribution in [1.82, 2.24) is 24.1 Å². The van der Waals surface area contributed by atoms with Crippen molar-refractivity contribution in [3.63, 3.8) is 0 Å². The van der Waals surface area contributed by atoms with E-state index in [0.717, 1.165) is 22.5 Å². The zero-order valence-corrected chi connectivity index (χ0v) is 22.0. The highest BCUT2D eigenvalue weighted by atomic mass is 19.1. The number of halogens is 1. The molecule has 0 amide bonds. The van der Waals surface area contributed by atoms with Crippen LogP contribution < -0.4 is 10.5 Å². The number of rotatable bonds is 4. The van der Waals surface area contributed by atoms with E-state index in [9.17, 15) is 14.4 Å². The van der Waals surface area contributed by atoms with Crippen LogP contribution in [0.1, 0.15) is 36.8 Å². The van der Waals surface area contributed by atoms with Gasteiger partial charge >= 0.3 is 0 Å². The van der Waals surface area contributed by atoms with E-state index < -0.39 is 0 Å². The molecule has 0 bridgehead atoms. The van der Waals surface area contributed by atoms with Gasteiger partial charge in [0.2, 0.25) is 0 Å². The van der Waals surface area contributed by atoms with E-state index in [2.05, 4.69) is 45.9 Å². The maximum atomic E-state index is 13.9. The smallest absolute Gasteiger partial charge is 0.252 e. The molecule has 39 heavy (non-hydrogen) atoms. The zero-order chi connectivity index (χ0) is 27.3. The maximum absolute atomic E-state index is 13.9. The van der Waals surface area contributed by atoms with Gasteiger partial charge in [0.15, 0.2) is 0 Å². The minimum Gasteiger partial charge on any atom is -0.364 e. The quantitative estimate of drug-likeness (QED) is 0.351. The van der Waals surface area contributed by atoms with Crippen LogP contribution in [0.2, 0.25) is 0 Å². The largest absolute Gasteiger partial charge is 0.364 e. The molecule has 0 aliphatic carbocycles. The lowest BCUT2D eigenvalue weighted by Gasteiger charge is -2.48. The van der Waals surface area contributed by atoms with E-state index >= 15 is 0 Å². The molecule has 1 aliphatic rings. The lowest BCUT2D eigenvalue weighted by molar-refractivity contribution is 0.126. The molecular weight excluding hydrogens is 493 g/mol. The highest BCUT2D eigenvalue weighted by molar-refractivity contribution is 5.89. The fraction of sp³-hybridized carbons (Fsp3) is 0.267. The van der Waals surface area contributed by atoms with Gasteiger partial charge in [0, 0.05) is 44.5 Å². The first-order valence-electron chi connectivity index (χ1n) is 13.0. The lowest BCUT2D eigenvalue weighted by Crippen LogP contribution is -2.58. The number of fused-ring (bicyclic) bond motifs is 2. The van der Waals surface area contributed by atoms with Crippen molar-refractivity contribution in [2.24, 2.45) is 7.05 Å². The van der Waals surface area contributed by atoms with Crippen LogP contribution in [0.3, 0.4) is 0 Å². The van der Waals surface area contributed by atoms with Gasteiger partial charge in [0.1, 0.15) is 23.1 Å². The number of piperazine rings is 1. The van der Waals surface area contributed by atoms with Crippen molar-refractivity contribution in [3.05, 3.63) is 106 Å². The molecule has 5 aromatic rings. The summed E-state index contributed by atoms with van der Waals surface area (Å²) in [5.74, 6) is -0.275. The normalized spacial score (nSPS) is 18.9. The second kappa shape index (κ2) is 9.64. The molecule has 3 atom stereocenters. The minimum atomic E-state index is -0.275. The standard InChI is InChI=1S/C30H28FN7O/c1-19-18-37(30(21-7-9-22(31)10-8-21)26-6-4-5-24-13-14-33-38(24)26)20(2)17-36(19)27-15-28(39)35(3)25-12-11-23(16-32)34-29(25)27/h4-15,19-20,30H,17-18H2,1-3H3/t19-,20+,30?/m0/s1. The molecule has 0 saturated carbocycles. The highest BCUT2D eigenvalue weighted by Gasteiger charge is 2.37. The Labute approximate surface area is 225 Å². The van der Waals surface area contributed by atoms with Crippen molar-refractivity contribution < 1.29 is 4.39 Å². The van der Waals surface area contributed by atoms with Crippen molar-refractivity contribution in [1.29, 1.82) is 5.26 Å². The number of pyridine rings is 3. The SMILES string of the molecule is C[C@@H]1CN(c2cc(=O)n(C)c3ccc(C#N)nc23)[C@@H](C)CN1C(c1ccc(F)cc1)c1cccc2ccnn12. The van der Waals surface area contributed by atoms with Crippen molar-refractivity contribution in [2.75, 3.05) is 18.0 Å². The van der Waals surface area contributed by atoms with E-state index in [1.807, 2.05) is 34.8 Å². The second-order valence-corrected chi connectivity index (χ2v) is 10.2. The Bertz CT molecular complexity index is 1790. The predicted octanol–water partition coefficient (Wildman–Crippen LogP) is 4.28. The van der Waals surface area contributed by atoms with Gasteiger partial charge in [-0.15, -0.1) is 0 Å². The molecular formula is C30H28FN7O. The molecule has 196 valence electrons. The van der Waals surface area contributed by atoms with Crippen LogP contribution in [0, 0.1) is 17.1 Å². The molecule has 1 aliphatic heterocycles. The molecule has 1 fully saturated rings. The molecule has 0 spiro atoms. The molecule has 1 saturated heterocycles. The summed E-state index contributed by atoms with van der Waals surface area (Å²) in [6.45, 7) is 5.60. The highest BCUT2D eigenvalue weighted by Crippen LogP contribution is 2.36. The summed E-state index contributed by atoms with van der Waals surface area (Å²) >= 11 is 0. The van der Waals surface area contributed by atoms with Gasteiger partial charge in [-0.05, 0) is 61.9 Å². The fourth-order valence-corrected chi connectivity index (χ4v) is 5.80. The summed E-state index contributed by atoms with van der Waals surface area (Å²) in [7, 11) is 1.72. The van der Waals surface area contributed by atoms with Gasteiger partial charge in [-0.25, -0.2) is 13.9 Å². The summed E-state index contributed by atoms with van der Waals surface area (Å²) in [5, 5.41) is 14.1. The number of hydrogen-bond acceptors (Lipinski definition) is 6. The van der Waals surface area contributed by atoms with Crippen LogP contribution in [0.5, 0.6) is 0 Å². The first-order valence-corrected chi connectivity index (χ1v) is 13.0. The number of nitriles is 1. The Morgan fingerprint density at radius 3 is 2.59 bits per heavy atom. The van der Waals surface area contributed by atoms with Gasteiger partial charge in [-0.2, -0.15) is 10.4 Å². The van der Waals surface area contributed by atoms with E-state index in [1.54, 1.807) is 36.0 Å². The molecule has 0 N–H and O–H groups in total. The summed E-state index contributed by atoms with van der Waals surface area (Å²) in [6.07, 6.45) is 1.79. The van der Waals surface area contributed by atoms with Crippen LogP contribution in [0.15, 0.2) is 77.7 Å². The Kier molecular flexibility index (Phi) is 6.12. The first kappa shape index (κ1) is 24.8. The average Bonchev–Trinajstić information content (AvgIpc) is 3.43. The molecule has 9 heteroatoms. The van der Waals surface area contributed by atoms with E-state index in [1.165, 1.54) is 12.1 Å². The van der Waals surface area contributed by atoms with E-state index in [-0.39, 0.29) is 29.5 Å².